The van der Waals surface area contributed by atoms with Gasteiger partial charge >= 0.3 is 0 Å². The predicted molar refractivity (Wildman–Crippen MR) is 118 cm³/mol. The van der Waals surface area contributed by atoms with E-state index in [1.807, 2.05) is 6.92 Å². The first kappa shape index (κ1) is 22.3. The van der Waals surface area contributed by atoms with E-state index in [0.29, 0.717) is 47.5 Å². The van der Waals surface area contributed by atoms with E-state index in [-0.39, 0.29) is 23.0 Å². The summed E-state index contributed by atoms with van der Waals surface area (Å²) in [6, 6.07) is 3.42. The van der Waals surface area contributed by atoms with E-state index in [1.165, 1.54) is 19.5 Å². The minimum atomic E-state index is -0.408. The number of ether oxygens (including phenoxy) is 4. The van der Waals surface area contributed by atoms with E-state index >= 15 is 0 Å². The monoisotopic (exact) mass is 477 g/mol. The molecule has 1 amide bonds. The van der Waals surface area contributed by atoms with Crippen LogP contribution in [0.3, 0.4) is 0 Å². The van der Waals surface area contributed by atoms with E-state index in [0.717, 1.165) is 17.0 Å². The number of hydrogen-bond acceptors (Lipinski definition) is 10. The molecule has 12 heteroatoms. The Morgan fingerprint density at radius 1 is 1.25 bits per heavy atom. The second-order valence-electron chi connectivity index (χ2n) is 6.78. The topological polar surface area (TPSA) is 118 Å². The average Bonchev–Trinajstić information content (AvgIpc) is 3.25. The molecule has 0 saturated carbocycles. The summed E-state index contributed by atoms with van der Waals surface area (Å²) in [7, 11) is 1.52. The van der Waals surface area contributed by atoms with Gasteiger partial charge in [-0.3, -0.25) is 15.1 Å². The van der Waals surface area contributed by atoms with Gasteiger partial charge in [-0.25, -0.2) is 4.98 Å². The van der Waals surface area contributed by atoms with Crippen LogP contribution in [0.15, 0.2) is 24.5 Å². The van der Waals surface area contributed by atoms with Gasteiger partial charge in [-0.1, -0.05) is 16.7 Å². The molecule has 168 valence electrons. The number of pyridine rings is 2. The van der Waals surface area contributed by atoms with E-state index in [1.54, 1.807) is 12.1 Å². The van der Waals surface area contributed by atoms with Crippen LogP contribution in [0.2, 0.25) is 5.15 Å². The van der Waals surface area contributed by atoms with Crippen LogP contribution in [-0.4, -0.2) is 65.7 Å². The number of rotatable bonds is 7. The summed E-state index contributed by atoms with van der Waals surface area (Å²) in [5, 5.41) is 11.6. The van der Waals surface area contributed by atoms with Crippen molar-refractivity contribution in [2.75, 3.05) is 38.9 Å². The summed E-state index contributed by atoms with van der Waals surface area (Å²) in [5.41, 5.74) is 2.28. The van der Waals surface area contributed by atoms with Gasteiger partial charge in [0.25, 0.3) is 11.1 Å². The maximum absolute atomic E-state index is 13.0. The highest BCUT2D eigenvalue weighted by Crippen LogP contribution is 2.34. The molecular formula is C20H20ClN5O5S. The molecule has 0 radical (unpaired) electrons. The van der Waals surface area contributed by atoms with Crippen molar-refractivity contribution in [1.29, 1.82) is 0 Å². The largest absolute Gasteiger partial charge is 0.494 e. The minimum absolute atomic E-state index is 0.158. The Bertz CT molecular complexity index is 1110. The second kappa shape index (κ2) is 10.2. The van der Waals surface area contributed by atoms with Crippen LogP contribution >= 0.6 is 22.9 Å². The molecular weight excluding hydrogens is 458 g/mol. The molecule has 1 aliphatic heterocycles. The van der Waals surface area contributed by atoms with E-state index in [2.05, 4.69) is 25.5 Å². The molecule has 1 atom stereocenters. The first-order valence-corrected chi connectivity index (χ1v) is 10.9. The maximum Gasteiger partial charge on any atom is 0.295 e. The summed E-state index contributed by atoms with van der Waals surface area (Å²) in [5.74, 6) is 0.0729. The number of amides is 1. The molecule has 4 rings (SSSR count). The molecule has 1 saturated heterocycles. The Morgan fingerprint density at radius 3 is 2.91 bits per heavy atom. The molecule has 0 bridgehead atoms. The summed E-state index contributed by atoms with van der Waals surface area (Å²) < 4.78 is 21.9. The maximum atomic E-state index is 13.0. The first-order valence-electron chi connectivity index (χ1n) is 9.67. The highest BCUT2D eigenvalue weighted by molar-refractivity contribution is 7.17. The third-order valence-electron chi connectivity index (χ3n) is 4.53. The van der Waals surface area contributed by atoms with Crippen molar-refractivity contribution < 1.29 is 23.7 Å². The number of carbonyl (C=O) groups excluding carboxylic acids is 1. The van der Waals surface area contributed by atoms with Gasteiger partial charge in [0.15, 0.2) is 0 Å². The summed E-state index contributed by atoms with van der Waals surface area (Å²) in [6.07, 6.45) is 2.84. The molecule has 1 fully saturated rings. The number of methoxy groups -OCH3 is 1. The molecule has 1 N–H and O–H groups in total. The van der Waals surface area contributed by atoms with E-state index in [4.69, 9.17) is 30.5 Å². The Hall–Kier alpha value is -2.86. The zero-order valence-corrected chi connectivity index (χ0v) is 18.9. The minimum Gasteiger partial charge on any atom is -0.494 e. The summed E-state index contributed by atoms with van der Waals surface area (Å²) in [4.78, 5) is 21.3. The number of nitrogens with zero attached hydrogens (tertiary/aromatic N) is 4. The van der Waals surface area contributed by atoms with Crippen LogP contribution in [0.5, 0.6) is 10.9 Å². The van der Waals surface area contributed by atoms with Crippen molar-refractivity contribution in [3.05, 3.63) is 40.9 Å². The van der Waals surface area contributed by atoms with Crippen molar-refractivity contribution >= 4 is 34.0 Å². The Kier molecular flexibility index (Phi) is 7.10. The van der Waals surface area contributed by atoms with Gasteiger partial charge in [-0.2, -0.15) is 0 Å². The SMILES string of the molecule is COc1cnc(Cl)cc1-c1cc(C)ncc1C(=O)Nc1nnc(OC[C@H]2COCCO2)s1. The van der Waals surface area contributed by atoms with Gasteiger partial charge in [-0.05, 0) is 30.4 Å². The average molecular weight is 478 g/mol. The van der Waals surface area contributed by atoms with Crippen LogP contribution in [0.1, 0.15) is 16.1 Å². The van der Waals surface area contributed by atoms with Crippen LogP contribution in [0, 0.1) is 6.92 Å². The molecule has 3 aromatic rings. The van der Waals surface area contributed by atoms with Gasteiger partial charge in [0.2, 0.25) is 5.13 Å². The van der Waals surface area contributed by atoms with Crippen LogP contribution < -0.4 is 14.8 Å². The van der Waals surface area contributed by atoms with Crippen molar-refractivity contribution in [3.8, 4) is 22.1 Å². The second-order valence-corrected chi connectivity index (χ2v) is 8.11. The Labute approximate surface area is 192 Å². The molecule has 0 aliphatic carbocycles. The molecule has 0 aromatic carbocycles. The third-order valence-corrected chi connectivity index (χ3v) is 5.49. The standard InChI is InChI=1S/C20H20ClN5O5S/c1-11-5-13(14-6-17(21)23-8-16(14)28-2)15(7-22-11)18(27)24-19-25-26-20(32-19)31-10-12-9-29-3-4-30-12/h5-8,12H,3-4,9-10H2,1-2H3,(H,24,25,27)/t12-/m1/s1. The first-order chi connectivity index (χ1) is 15.5. The third kappa shape index (κ3) is 5.30. The van der Waals surface area contributed by atoms with Crippen LogP contribution in [-0.2, 0) is 9.47 Å². The molecule has 1 aliphatic rings. The van der Waals surface area contributed by atoms with E-state index < -0.39 is 5.91 Å². The van der Waals surface area contributed by atoms with E-state index in [9.17, 15) is 4.79 Å². The quantitative estimate of drug-likeness (QED) is 0.512. The highest BCUT2D eigenvalue weighted by atomic mass is 35.5. The number of aryl methyl sites for hydroxylation is 1. The number of halogens is 1. The smallest absolute Gasteiger partial charge is 0.295 e. The summed E-state index contributed by atoms with van der Waals surface area (Å²) >= 11 is 7.19. The predicted octanol–water partition coefficient (Wildman–Crippen LogP) is 3.01. The molecule has 0 spiro atoms. The van der Waals surface area contributed by atoms with Gasteiger partial charge in [0.1, 0.15) is 23.6 Å². The molecule has 0 unspecified atom stereocenters. The van der Waals surface area contributed by atoms with Crippen molar-refractivity contribution in [3.63, 3.8) is 0 Å². The van der Waals surface area contributed by atoms with Gasteiger partial charge in [0.05, 0.1) is 38.7 Å². The highest BCUT2D eigenvalue weighted by Gasteiger charge is 2.20. The Morgan fingerprint density at radius 2 is 2.12 bits per heavy atom. The fourth-order valence-corrected chi connectivity index (χ4v) is 3.79. The lowest BCUT2D eigenvalue weighted by atomic mass is 10.0. The number of nitrogens with one attached hydrogen (secondary N) is 1. The van der Waals surface area contributed by atoms with Crippen LogP contribution in [0.4, 0.5) is 5.13 Å². The summed E-state index contributed by atoms with van der Waals surface area (Å²) in [6.45, 7) is 3.70. The molecule has 10 nitrogen and oxygen atoms in total. The number of aromatic nitrogens is 4. The molecule has 32 heavy (non-hydrogen) atoms. The van der Waals surface area contributed by atoms with Gasteiger partial charge < -0.3 is 18.9 Å². The number of hydrogen-bond donors (Lipinski definition) is 1. The van der Waals surface area contributed by atoms with Gasteiger partial charge in [0, 0.05) is 23.0 Å². The number of anilines is 1. The molecule has 4 heterocycles. The fraction of sp³-hybridized carbons (Fsp3) is 0.350. The van der Waals surface area contributed by atoms with Crippen molar-refractivity contribution in [2.24, 2.45) is 0 Å². The van der Waals surface area contributed by atoms with Crippen molar-refractivity contribution in [1.82, 2.24) is 20.2 Å². The van der Waals surface area contributed by atoms with Crippen LogP contribution in [0.25, 0.3) is 11.1 Å². The Balaban J connectivity index is 1.51. The lowest BCUT2D eigenvalue weighted by molar-refractivity contribution is -0.101. The molecule has 3 aromatic heterocycles. The van der Waals surface area contributed by atoms with Crippen molar-refractivity contribution in [2.45, 2.75) is 13.0 Å². The fourth-order valence-electron chi connectivity index (χ4n) is 3.03. The zero-order valence-electron chi connectivity index (χ0n) is 17.3. The normalized spacial score (nSPS) is 15.9. The van der Waals surface area contributed by atoms with Gasteiger partial charge in [-0.15, -0.1) is 5.10 Å². The lowest BCUT2D eigenvalue weighted by Gasteiger charge is -2.22. The lowest BCUT2D eigenvalue weighted by Crippen LogP contribution is -2.33. The number of carbonyl (C=O) groups is 1. The zero-order chi connectivity index (χ0) is 22.5.